The molecule has 0 radical (unpaired) electrons. The summed E-state index contributed by atoms with van der Waals surface area (Å²) in [7, 11) is 0. The summed E-state index contributed by atoms with van der Waals surface area (Å²) in [6, 6.07) is 1.92. The topological polar surface area (TPSA) is 44.1 Å². The molecule has 1 aliphatic rings. The van der Waals surface area contributed by atoms with Gasteiger partial charge in [0.05, 0.1) is 6.07 Å². The monoisotopic (exact) mass is 194 g/mol. The van der Waals surface area contributed by atoms with E-state index in [2.05, 4.69) is 13.8 Å². The predicted molar refractivity (Wildman–Crippen MR) is 54.4 cm³/mol. The smallest absolute Gasteiger partial charge is 0.236 e. The highest BCUT2D eigenvalue weighted by atomic mass is 16.2. The van der Waals surface area contributed by atoms with Crippen molar-refractivity contribution >= 4 is 5.91 Å². The van der Waals surface area contributed by atoms with Gasteiger partial charge in [-0.1, -0.05) is 20.3 Å². The first-order chi connectivity index (χ1) is 6.69. The van der Waals surface area contributed by atoms with Crippen LogP contribution in [0.1, 0.15) is 33.1 Å². The number of piperidine rings is 1. The highest BCUT2D eigenvalue weighted by Crippen LogP contribution is 2.25. The molecule has 0 saturated carbocycles. The molecule has 1 saturated heterocycles. The van der Waals surface area contributed by atoms with E-state index in [9.17, 15) is 4.79 Å². The molecule has 0 bridgehead atoms. The summed E-state index contributed by atoms with van der Waals surface area (Å²) in [6.45, 7) is 6.09. The Kier molecular flexibility index (Phi) is 3.94. The SMILES string of the molecule is CCC1CN(C(=O)CC#N)CCC1C. The van der Waals surface area contributed by atoms with Gasteiger partial charge in [-0.3, -0.25) is 4.79 Å². The van der Waals surface area contributed by atoms with E-state index in [4.69, 9.17) is 5.26 Å². The van der Waals surface area contributed by atoms with E-state index in [0.717, 1.165) is 25.9 Å². The van der Waals surface area contributed by atoms with Crippen LogP contribution in [0.3, 0.4) is 0 Å². The van der Waals surface area contributed by atoms with Crippen LogP contribution >= 0.6 is 0 Å². The molecule has 0 aliphatic carbocycles. The zero-order chi connectivity index (χ0) is 10.6. The molecule has 78 valence electrons. The van der Waals surface area contributed by atoms with Crippen LogP contribution in [0.15, 0.2) is 0 Å². The van der Waals surface area contributed by atoms with Crippen molar-refractivity contribution in [2.75, 3.05) is 13.1 Å². The minimum Gasteiger partial charge on any atom is -0.342 e. The zero-order valence-corrected chi connectivity index (χ0v) is 8.99. The maximum absolute atomic E-state index is 11.5. The van der Waals surface area contributed by atoms with E-state index < -0.39 is 0 Å². The Morgan fingerprint density at radius 1 is 1.64 bits per heavy atom. The second-order valence-corrected chi connectivity index (χ2v) is 4.11. The molecule has 0 aromatic carbocycles. The summed E-state index contributed by atoms with van der Waals surface area (Å²) in [5.74, 6) is 1.33. The largest absolute Gasteiger partial charge is 0.342 e. The number of nitriles is 1. The average molecular weight is 194 g/mol. The molecule has 3 heteroatoms. The van der Waals surface area contributed by atoms with E-state index in [1.54, 1.807) is 0 Å². The number of hydrogen-bond donors (Lipinski definition) is 0. The highest BCUT2D eigenvalue weighted by molar-refractivity contribution is 5.78. The van der Waals surface area contributed by atoms with Gasteiger partial charge in [0.1, 0.15) is 6.42 Å². The maximum atomic E-state index is 11.5. The number of carbonyl (C=O) groups is 1. The number of carbonyl (C=O) groups excluding carboxylic acids is 1. The van der Waals surface area contributed by atoms with Crippen molar-refractivity contribution in [2.45, 2.75) is 33.1 Å². The van der Waals surface area contributed by atoms with Gasteiger partial charge in [0.15, 0.2) is 0 Å². The molecule has 0 aromatic heterocycles. The molecular formula is C11H18N2O. The van der Waals surface area contributed by atoms with Crippen LogP contribution in [0.25, 0.3) is 0 Å². The molecule has 1 heterocycles. The summed E-state index contributed by atoms with van der Waals surface area (Å²) < 4.78 is 0. The fourth-order valence-corrected chi connectivity index (χ4v) is 2.09. The van der Waals surface area contributed by atoms with E-state index in [0.29, 0.717) is 11.8 Å². The number of likely N-dealkylation sites (tertiary alicyclic amines) is 1. The van der Waals surface area contributed by atoms with Crippen molar-refractivity contribution < 1.29 is 4.79 Å². The Hall–Kier alpha value is -1.04. The highest BCUT2D eigenvalue weighted by Gasteiger charge is 2.27. The van der Waals surface area contributed by atoms with Crippen LogP contribution in [0.4, 0.5) is 0 Å². The molecule has 2 atom stereocenters. The second-order valence-electron chi connectivity index (χ2n) is 4.11. The summed E-state index contributed by atoms with van der Waals surface area (Å²) >= 11 is 0. The van der Waals surface area contributed by atoms with Crippen LogP contribution in [0.2, 0.25) is 0 Å². The van der Waals surface area contributed by atoms with Gasteiger partial charge in [0.2, 0.25) is 5.91 Å². The standard InChI is InChI=1S/C11H18N2O/c1-3-10-8-13(7-5-9(10)2)11(14)4-6-12/h9-10H,3-5,7-8H2,1-2H3. The van der Waals surface area contributed by atoms with E-state index in [-0.39, 0.29) is 12.3 Å². The Morgan fingerprint density at radius 2 is 2.36 bits per heavy atom. The lowest BCUT2D eigenvalue weighted by Gasteiger charge is -2.36. The van der Waals surface area contributed by atoms with Crippen LogP contribution in [-0.2, 0) is 4.79 Å². The van der Waals surface area contributed by atoms with Crippen molar-refractivity contribution in [1.82, 2.24) is 4.90 Å². The lowest BCUT2D eigenvalue weighted by atomic mass is 9.85. The Morgan fingerprint density at radius 3 is 2.93 bits per heavy atom. The van der Waals surface area contributed by atoms with Gasteiger partial charge >= 0.3 is 0 Å². The van der Waals surface area contributed by atoms with E-state index in [1.807, 2.05) is 11.0 Å². The van der Waals surface area contributed by atoms with Gasteiger partial charge < -0.3 is 4.90 Å². The Balaban J connectivity index is 2.50. The first kappa shape index (κ1) is 11.0. The third kappa shape index (κ3) is 2.47. The van der Waals surface area contributed by atoms with Crippen molar-refractivity contribution in [3.05, 3.63) is 0 Å². The molecule has 3 nitrogen and oxygen atoms in total. The maximum Gasteiger partial charge on any atom is 0.236 e. The zero-order valence-electron chi connectivity index (χ0n) is 8.99. The lowest BCUT2D eigenvalue weighted by Crippen LogP contribution is -2.42. The third-order valence-electron chi connectivity index (χ3n) is 3.22. The fraction of sp³-hybridized carbons (Fsp3) is 0.818. The van der Waals surface area contributed by atoms with Gasteiger partial charge in [0, 0.05) is 13.1 Å². The molecule has 2 unspecified atom stereocenters. The summed E-state index contributed by atoms with van der Waals surface area (Å²) in [6.07, 6.45) is 2.23. The molecule has 0 N–H and O–H groups in total. The number of rotatable bonds is 2. The molecule has 1 aliphatic heterocycles. The van der Waals surface area contributed by atoms with Gasteiger partial charge in [-0.15, -0.1) is 0 Å². The molecule has 14 heavy (non-hydrogen) atoms. The van der Waals surface area contributed by atoms with Crippen LogP contribution in [0, 0.1) is 23.2 Å². The van der Waals surface area contributed by atoms with Crippen molar-refractivity contribution in [2.24, 2.45) is 11.8 Å². The average Bonchev–Trinajstić information content (AvgIpc) is 2.19. The molecule has 0 spiro atoms. The van der Waals surface area contributed by atoms with Gasteiger partial charge in [-0.25, -0.2) is 0 Å². The second kappa shape index (κ2) is 4.99. The van der Waals surface area contributed by atoms with E-state index in [1.165, 1.54) is 0 Å². The van der Waals surface area contributed by atoms with E-state index >= 15 is 0 Å². The van der Waals surface area contributed by atoms with Crippen molar-refractivity contribution in [3.8, 4) is 6.07 Å². The van der Waals surface area contributed by atoms with Crippen LogP contribution in [-0.4, -0.2) is 23.9 Å². The van der Waals surface area contributed by atoms with Crippen molar-refractivity contribution in [3.63, 3.8) is 0 Å². The van der Waals surface area contributed by atoms with Crippen LogP contribution < -0.4 is 0 Å². The minimum absolute atomic E-state index is 0.00199. The number of amides is 1. The van der Waals surface area contributed by atoms with Gasteiger partial charge in [-0.2, -0.15) is 5.26 Å². The van der Waals surface area contributed by atoms with Crippen LogP contribution in [0.5, 0.6) is 0 Å². The fourth-order valence-electron chi connectivity index (χ4n) is 2.09. The summed E-state index contributed by atoms with van der Waals surface area (Å²) in [5.41, 5.74) is 0. The molecule has 1 fully saturated rings. The predicted octanol–water partition coefficient (Wildman–Crippen LogP) is 1.79. The molecule has 1 amide bonds. The molecular weight excluding hydrogens is 176 g/mol. The Labute approximate surface area is 85.7 Å². The first-order valence-electron chi connectivity index (χ1n) is 5.33. The lowest BCUT2D eigenvalue weighted by molar-refractivity contribution is -0.132. The first-order valence-corrected chi connectivity index (χ1v) is 5.33. The van der Waals surface area contributed by atoms with Gasteiger partial charge in [0.25, 0.3) is 0 Å². The molecule has 1 rings (SSSR count). The third-order valence-corrected chi connectivity index (χ3v) is 3.22. The Bertz CT molecular complexity index is 244. The summed E-state index contributed by atoms with van der Waals surface area (Å²) in [5, 5.41) is 8.44. The quantitative estimate of drug-likeness (QED) is 0.672. The van der Waals surface area contributed by atoms with Crippen molar-refractivity contribution in [1.29, 1.82) is 5.26 Å². The van der Waals surface area contributed by atoms with Gasteiger partial charge in [-0.05, 0) is 18.3 Å². The number of hydrogen-bond acceptors (Lipinski definition) is 2. The summed E-state index contributed by atoms with van der Waals surface area (Å²) in [4.78, 5) is 13.3. The normalized spacial score (nSPS) is 27.1. The molecule has 0 aromatic rings. The minimum atomic E-state index is -0.00199. The number of nitrogens with zero attached hydrogens (tertiary/aromatic N) is 2.